The molecule has 0 fully saturated rings. The van der Waals surface area contributed by atoms with Crippen molar-refractivity contribution >= 4 is 10.0 Å². The Balaban J connectivity index is 1.98. The molecular formula is C12H17NO3S. The fourth-order valence-corrected chi connectivity index (χ4v) is 2.42. The molecule has 0 atom stereocenters. The highest BCUT2D eigenvalue weighted by atomic mass is 32.2. The van der Waals surface area contributed by atoms with Crippen molar-refractivity contribution in [2.45, 2.75) is 19.3 Å². The highest BCUT2D eigenvalue weighted by Crippen LogP contribution is 2.25. The van der Waals surface area contributed by atoms with E-state index >= 15 is 0 Å². The van der Waals surface area contributed by atoms with E-state index in [1.807, 2.05) is 12.1 Å². The predicted molar refractivity (Wildman–Crippen MR) is 66.8 cm³/mol. The molecule has 0 bridgehead atoms. The van der Waals surface area contributed by atoms with Gasteiger partial charge in [0.05, 0.1) is 12.9 Å². The van der Waals surface area contributed by atoms with E-state index in [4.69, 9.17) is 4.74 Å². The molecule has 1 aromatic rings. The van der Waals surface area contributed by atoms with Gasteiger partial charge in [0, 0.05) is 6.54 Å². The van der Waals surface area contributed by atoms with Crippen molar-refractivity contribution in [1.82, 2.24) is 4.72 Å². The fraction of sp³-hybridized carbons (Fsp3) is 0.500. The fourth-order valence-electron chi connectivity index (χ4n) is 1.95. The third kappa shape index (κ3) is 3.71. The summed E-state index contributed by atoms with van der Waals surface area (Å²) in [5.74, 6) is 0.969. The molecular weight excluding hydrogens is 238 g/mol. The van der Waals surface area contributed by atoms with Gasteiger partial charge in [-0.05, 0) is 36.5 Å². The molecule has 1 aromatic carbocycles. The van der Waals surface area contributed by atoms with Gasteiger partial charge in [-0.2, -0.15) is 0 Å². The normalized spacial score (nSPS) is 15.1. The van der Waals surface area contributed by atoms with Gasteiger partial charge in [-0.3, -0.25) is 0 Å². The summed E-state index contributed by atoms with van der Waals surface area (Å²) >= 11 is 0. The average Bonchev–Trinajstić information content (AvgIpc) is 2.27. The molecule has 94 valence electrons. The zero-order valence-corrected chi connectivity index (χ0v) is 10.7. The second-order valence-corrected chi connectivity index (χ2v) is 6.14. The number of rotatable bonds is 4. The molecule has 5 heteroatoms. The summed E-state index contributed by atoms with van der Waals surface area (Å²) < 4.78 is 29.9. The van der Waals surface area contributed by atoms with Gasteiger partial charge in [0.15, 0.2) is 0 Å². The first-order valence-electron chi connectivity index (χ1n) is 5.74. The maximum atomic E-state index is 10.9. The molecule has 0 unspecified atom stereocenters. The molecule has 1 aliphatic rings. The van der Waals surface area contributed by atoms with E-state index in [-0.39, 0.29) is 0 Å². The summed E-state index contributed by atoms with van der Waals surface area (Å²) in [6.45, 7) is 1.24. The van der Waals surface area contributed by atoms with Crippen molar-refractivity contribution in [3.63, 3.8) is 0 Å². The zero-order valence-electron chi connectivity index (χ0n) is 9.90. The summed E-state index contributed by atoms with van der Waals surface area (Å²) in [6, 6.07) is 6.08. The maximum Gasteiger partial charge on any atom is 0.208 e. The Kier molecular flexibility index (Phi) is 3.69. The first-order valence-corrected chi connectivity index (χ1v) is 7.63. The highest BCUT2D eigenvalue weighted by molar-refractivity contribution is 7.88. The number of fused-ring (bicyclic) bond motifs is 1. The van der Waals surface area contributed by atoms with Gasteiger partial charge in [-0.25, -0.2) is 13.1 Å². The molecule has 4 nitrogen and oxygen atoms in total. The largest absolute Gasteiger partial charge is 0.493 e. The number of benzene rings is 1. The van der Waals surface area contributed by atoms with Gasteiger partial charge in [-0.15, -0.1) is 0 Å². The van der Waals surface area contributed by atoms with Crippen molar-refractivity contribution in [1.29, 1.82) is 0 Å². The van der Waals surface area contributed by atoms with E-state index in [0.717, 1.165) is 30.8 Å². The number of aryl methyl sites for hydroxylation is 1. The monoisotopic (exact) mass is 255 g/mol. The van der Waals surface area contributed by atoms with Crippen LogP contribution in [-0.2, 0) is 22.9 Å². The smallest absolute Gasteiger partial charge is 0.208 e. The summed E-state index contributed by atoms with van der Waals surface area (Å²) in [7, 11) is -3.09. The number of hydrogen-bond donors (Lipinski definition) is 1. The van der Waals surface area contributed by atoms with Crippen molar-refractivity contribution in [2.24, 2.45) is 0 Å². The van der Waals surface area contributed by atoms with Crippen LogP contribution in [-0.4, -0.2) is 27.8 Å². The Labute approximate surface area is 102 Å². The molecule has 0 spiro atoms. The number of ether oxygens (including phenoxy) is 1. The lowest BCUT2D eigenvalue weighted by Gasteiger charge is -2.17. The predicted octanol–water partition coefficient (Wildman–Crippen LogP) is 1.10. The van der Waals surface area contributed by atoms with Crippen LogP contribution in [0.4, 0.5) is 0 Å². The molecule has 0 saturated carbocycles. The molecule has 1 N–H and O–H groups in total. The maximum absolute atomic E-state index is 10.9. The van der Waals surface area contributed by atoms with Gasteiger partial charge in [-0.1, -0.05) is 12.1 Å². The van der Waals surface area contributed by atoms with Gasteiger partial charge in [0.1, 0.15) is 5.75 Å². The lowest BCUT2D eigenvalue weighted by Crippen LogP contribution is -2.24. The van der Waals surface area contributed by atoms with Crippen molar-refractivity contribution in [3.8, 4) is 5.75 Å². The number of nitrogens with one attached hydrogen (secondary N) is 1. The number of sulfonamides is 1. The van der Waals surface area contributed by atoms with Crippen LogP contribution in [0.25, 0.3) is 0 Å². The zero-order chi connectivity index (χ0) is 12.3. The standard InChI is InChI=1S/C12H17NO3S/c1-17(14,15)13-7-6-10-4-5-12-11(9-10)3-2-8-16-12/h4-5,9,13H,2-3,6-8H2,1H3. The van der Waals surface area contributed by atoms with Crippen LogP contribution < -0.4 is 9.46 Å². The summed E-state index contributed by atoms with van der Waals surface area (Å²) in [5.41, 5.74) is 2.37. The third-order valence-corrected chi connectivity index (χ3v) is 3.48. The summed E-state index contributed by atoms with van der Waals surface area (Å²) in [6.07, 6.45) is 3.98. The minimum atomic E-state index is -3.09. The van der Waals surface area contributed by atoms with E-state index in [0.29, 0.717) is 13.0 Å². The molecule has 2 rings (SSSR count). The number of hydrogen-bond acceptors (Lipinski definition) is 3. The van der Waals surface area contributed by atoms with Gasteiger partial charge >= 0.3 is 0 Å². The van der Waals surface area contributed by atoms with Gasteiger partial charge in [0.25, 0.3) is 0 Å². The van der Waals surface area contributed by atoms with Crippen LogP contribution in [0.1, 0.15) is 17.5 Å². The van der Waals surface area contributed by atoms with E-state index in [2.05, 4.69) is 10.8 Å². The lowest BCUT2D eigenvalue weighted by atomic mass is 10.0. The Hall–Kier alpha value is -1.07. The minimum absolute atomic E-state index is 0.443. The second-order valence-electron chi connectivity index (χ2n) is 4.31. The van der Waals surface area contributed by atoms with Crippen molar-refractivity contribution in [2.75, 3.05) is 19.4 Å². The van der Waals surface area contributed by atoms with Crippen LogP contribution in [0.3, 0.4) is 0 Å². The Morgan fingerprint density at radius 1 is 1.41 bits per heavy atom. The first kappa shape index (κ1) is 12.4. The minimum Gasteiger partial charge on any atom is -0.493 e. The van der Waals surface area contributed by atoms with E-state index in [1.165, 1.54) is 11.8 Å². The van der Waals surface area contributed by atoms with E-state index in [9.17, 15) is 8.42 Å². The molecule has 1 heterocycles. The molecule has 0 saturated heterocycles. The Morgan fingerprint density at radius 3 is 3.00 bits per heavy atom. The molecule has 17 heavy (non-hydrogen) atoms. The van der Waals surface area contributed by atoms with E-state index < -0.39 is 10.0 Å². The Bertz CT molecular complexity index is 496. The summed E-state index contributed by atoms with van der Waals surface area (Å²) in [5, 5.41) is 0. The quantitative estimate of drug-likeness (QED) is 0.876. The average molecular weight is 255 g/mol. The third-order valence-electron chi connectivity index (χ3n) is 2.75. The van der Waals surface area contributed by atoms with Gasteiger partial charge in [0.2, 0.25) is 10.0 Å². The first-order chi connectivity index (χ1) is 8.04. The second kappa shape index (κ2) is 5.06. The molecule has 1 aliphatic heterocycles. The molecule has 0 aromatic heterocycles. The van der Waals surface area contributed by atoms with Crippen molar-refractivity contribution < 1.29 is 13.2 Å². The van der Waals surface area contributed by atoms with Crippen LogP contribution >= 0.6 is 0 Å². The Morgan fingerprint density at radius 2 is 2.24 bits per heavy atom. The molecule has 0 radical (unpaired) electrons. The van der Waals surface area contributed by atoms with E-state index in [1.54, 1.807) is 0 Å². The van der Waals surface area contributed by atoms with Gasteiger partial charge < -0.3 is 4.74 Å². The lowest BCUT2D eigenvalue weighted by molar-refractivity contribution is 0.288. The van der Waals surface area contributed by atoms with Crippen molar-refractivity contribution in [3.05, 3.63) is 29.3 Å². The summed E-state index contributed by atoms with van der Waals surface area (Å²) in [4.78, 5) is 0. The van der Waals surface area contributed by atoms with Crippen LogP contribution in [0.15, 0.2) is 18.2 Å². The van der Waals surface area contributed by atoms with Crippen LogP contribution in [0.5, 0.6) is 5.75 Å². The highest BCUT2D eigenvalue weighted by Gasteiger charge is 2.10. The SMILES string of the molecule is CS(=O)(=O)NCCc1ccc2c(c1)CCCO2. The van der Waals surface area contributed by atoms with Crippen LogP contribution in [0.2, 0.25) is 0 Å². The molecule has 0 aliphatic carbocycles. The topological polar surface area (TPSA) is 55.4 Å². The molecule has 0 amide bonds. The van der Waals surface area contributed by atoms with Crippen LogP contribution in [0, 0.1) is 0 Å².